The number of anilines is 1. The molecule has 0 bridgehead atoms. The number of para-hydroxylation sites is 1. The summed E-state index contributed by atoms with van der Waals surface area (Å²) in [5, 5.41) is 21.8. The Bertz CT molecular complexity index is 1660. The Labute approximate surface area is 276 Å². The van der Waals surface area contributed by atoms with Crippen LogP contribution in [0.25, 0.3) is 0 Å². The predicted octanol–water partition coefficient (Wildman–Crippen LogP) is 5.81. The number of aliphatic hydroxyl groups excluding tert-OH is 2. The molecule has 0 saturated carbocycles. The Balaban J connectivity index is 1.42. The molecule has 0 saturated heterocycles. The second kappa shape index (κ2) is 17.0. The normalized spacial score (nSPS) is 15.9. The van der Waals surface area contributed by atoms with E-state index in [4.69, 9.17) is 10.2 Å². The molecule has 4 rings (SSSR count). The number of nitrogens with zero attached hydrogens (tertiary/aromatic N) is 2. The quantitative estimate of drug-likeness (QED) is 0.0941. The number of rotatable bonds is 18. The van der Waals surface area contributed by atoms with Crippen molar-refractivity contribution in [2.75, 3.05) is 38.2 Å². The van der Waals surface area contributed by atoms with Crippen molar-refractivity contribution in [3.8, 4) is 0 Å². The fourth-order valence-corrected chi connectivity index (χ4v) is 7.78. The molecule has 2 aromatic rings. The molecule has 1 heterocycles. The summed E-state index contributed by atoms with van der Waals surface area (Å²) in [5.74, 6) is 0. The first-order chi connectivity index (χ1) is 22.0. The van der Waals surface area contributed by atoms with Crippen LogP contribution in [0.15, 0.2) is 84.4 Å². The highest BCUT2D eigenvalue weighted by Crippen LogP contribution is 2.45. The van der Waals surface area contributed by atoms with Crippen molar-refractivity contribution in [2.24, 2.45) is 4.99 Å². The van der Waals surface area contributed by atoms with Crippen LogP contribution in [0.3, 0.4) is 0 Å². The van der Waals surface area contributed by atoms with Gasteiger partial charge in [-0.05, 0) is 67.8 Å². The van der Waals surface area contributed by atoms with E-state index in [1.54, 1.807) is 11.8 Å². The zero-order valence-electron chi connectivity index (χ0n) is 25.8. The molecule has 0 spiro atoms. The van der Waals surface area contributed by atoms with Gasteiger partial charge >= 0.3 is 0 Å². The summed E-state index contributed by atoms with van der Waals surface area (Å²) in [5.41, 5.74) is 3.14. The Kier molecular flexibility index (Phi) is 13.4. The van der Waals surface area contributed by atoms with Crippen molar-refractivity contribution in [1.82, 2.24) is 4.90 Å². The van der Waals surface area contributed by atoms with Crippen LogP contribution in [0.1, 0.15) is 64.2 Å². The van der Waals surface area contributed by atoms with E-state index >= 15 is 0 Å². The van der Waals surface area contributed by atoms with Gasteiger partial charge in [-0.25, -0.2) is 0 Å². The molecular weight excluding hydrogens is 651 g/mol. The van der Waals surface area contributed by atoms with Crippen LogP contribution in [0.2, 0.25) is 0 Å². The molecule has 0 atom stereocenters. The number of aliphatic imine (C=N–C) groups is 1. The second-order valence-corrected chi connectivity index (χ2v) is 15.4. The van der Waals surface area contributed by atoms with Crippen LogP contribution in [-0.4, -0.2) is 79.6 Å². The van der Waals surface area contributed by atoms with Gasteiger partial charge in [0.2, 0.25) is 0 Å². The Morgan fingerprint density at radius 3 is 2.11 bits per heavy atom. The van der Waals surface area contributed by atoms with Gasteiger partial charge < -0.3 is 15.5 Å². The molecule has 2 aliphatic rings. The van der Waals surface area contributed by atoms with Gasteiger partial charge in [-0.1, -0.05) is 62.4 Å². The Hall–Kier alpha value is -2.56. The molecular formula is C32H43N3O8S3. The maximum atomic E-state index is 12.2. The molecule has 1 aliphatic heterocycles. The number of benzene rings is 2. The molecule has 5 N–H and O–H groups in total. The summed E-state index contributed by atoms with van der Waals surface area (Å²) >= 11 is 1.59. The van der Waals surface area contributed by atoms with Gasteiger partial charge in [0.05, 0.1) is 29.5 Å². The monoisotopic (exact) mass is 693 g/mol. The lowest BCUT2D eigenvalue weighted by Crippen LogP contribution is -2.30. The lowest BCUT2D eigenvalue weighted by Gasteiger charge is -2.28. The molecule has 0 unspecified atom stereocenters. The zero-order chi connectivity index (χ0) is 33.2. The maximum Gasteiger partial charge on any atom is 0.296 e. The number of hydrogen-bond acceptors (Lipinski definition) is 10. The fraction of sp³-hybridized carbons (Fsp3) is 0.469. The number of allylic oxidation sites excluding steroid dienone is 3. The number of hydrogen-bond donors (Lipinski definition) is 5. The van der Waals surface area contributed by atoms with Gasteiger partial charge in [-0.15, -0.1) is 0 Å². The molecule has 0 aromatic heterocycles. The summed E-state index contributed by atoms with van der Waals surface area (Å²) < 4.78 is 67.4. The van der Waals surface area contributed by atoms with Crippen molar-refractivity contribution in [1.29, 1.82) is 0 Å². The van der Waals surface area contributed by atoms with Crippen LogP contribution in [0.4, 0.5) is 11.4 Å². The minimum absolute atomic E-state index is 0.0965. The third kappa shape index (κ3) is 10.5. The Morgan fingerprint density at radius 1 is 0.804 bits per heavy atom. The lowest BCUT2D eigenvalue weighted by molar-refractivity contribution is 0.159. The van der Waals surface area contributed by atoms with Crippen LogP contribution in [0, 0.1) is 0 Å². The van der Waals surface area contributed by atoms with E-state index in [1.807, 2.05) is 30.3 Å². The highest BCUT2D eigenvalue weighted by molar-refractivity contribution is 8.03. The van der Waals surface area contributed by atoms with Gasteiger partial charge in [0.15, 0.2) is 0 Å². The zero-order valence-corrected chi connectivity index (χ0v) is 28.2. The van der Waals surface area contributed by atoms with Crippen LogP contribution < -0.4 is 5.32 Å². The van der Waals surface area contributed by atoms with Gasteiger partial charge in [0.1, 0.15) is 4.90 Å². The van der Waals surface area contributed by atoms with E-state index in [-0.39, 0.29) is 18.9 Å². The van der Waals surface area contributed by atoms with E-state index in [0.717, 1.165) is 103 Å². The molecule has 14 heteroatoms. The molecule has 11 nitrogen and oxygen atoms in total. The summed E-state index contributed by atoms with van der Waals surface area (Å²) in [6.07, 6.45) is 11.5. The molecule has 0 radical (unpaired) electrons. The third-order valence-corrected chi connectivity index (χ3v) is 10.9. The van der Waals surface area contributed by atoms with E-state index in [2.05, 4.69) is 15.2 Å². The molecule has 0 fully saturated rings. The Morgan fingerprint density at radius 2 is 1.46 bits per heavy atom. The largest absolute Gasteiger partial charge is 0.395 e. The second-order valence-electron chi connectivity index (χ2n) is 11.4. The molecule has 2 aromatic carbocycles. The molecule has 46 heavy (non-hydrogen) atoms. The van der Waals surface area contributed by atoms with Crippen LogP contribution in [-0.2, 0) is 20.2 Å². The fourth-order valence-electron chi connectivity index (χ4n) is 5.60. The number of nitrogens with one attached hydrogen (secondary N) is 1. The number of fused-ring (bicyclic) bond motifs is 1. The third-order valence-electron chi connectivity index (χ3n) is 7.97. The summed E-state index contributed by atoms with van der Waals surface area (Å²) in [4.78, 5) is 7.64. The highest BCUT2D eigenvalue weighted by atomic mass is 32.2. The van der Waals surface area contributed by atoms with E-state index < -0.39 is 30.0 Å². The number of unbranched alkanes of at least 4 members (excludes halogenated alkanes) is 7. The van der Waals surface area contributed by atoms with E-state index in [1.165, 1.54) is 0 Å². The summed E-state index contributed by atoms with van der Waals surface area (Å²) in [6.45, 7) is 2.24. The summed E-state index contributed by atoms with van der Waals surface area (Å²) in [7, 11) is -9.37. The molecule has 0 amide bonds. The van der Waals surface area contributed by atoms with Crippen molar-refractivity contribution in [3.05, 3.63) is 64.7 Å². The maximum absolute atomic E-state index is 12.2. The average Bonchev–Trinajstić information content (AvgIpc) is 3.00. The van der Waals surface area contributed by atoms with Gasteiger partial charge in [-0.3, -0.25) is 19.0 Å². The van der Waals surface area contributed by atoms with Gasteiger partial charge in [-0.2, -0.15) is 16.8 Å². The first kappa shape index (κ1) is 36.3. The minimum atomic E-state index is -4.73. The predicted molar refractivity (Wildman–Crippen MR) is 181 cm³/mol. The van der Waals surface area contributed by atoms with Crippen molar-refractivity contribution < 1.29 is 36.2 Å². The standard InChI is InChI=1S/C32H43N3O8S3/c36-19-17-35(18-20-37)16-10-6-4-2-1-3-5-7-11-24-21-28-31(44-30-13-9-8-12-26(30)33-28)23-27(24)34-29-22-25(45(38,39)40)14-15-32(29)46(41,42)43/h8-9,12-15,21-22,33,36-37H,1-7,10-11,16-20,23H2,(H,38,39,40)(H,41,42,43). The lowest BCUT2D eigenvalue weighted by atomic mass is 9.94. The van der Waals surface area contributed by atoms with Gasteiger partial charge in [0.25, 0.3) is 20.2 Å². The first-order valence-electron chi connectivity index (χ1n) is 15.6. The topological polar surface area (TPSA) is 177 Å². The van der Waals surface area contributed by atoms with Crippen molar-refractivity contribution in [3.63, 3.8) is 0 Å². The van der Waals surface area contributed by atoms with Crippen LogP contribution in [0.5, 0.6) is 0 Å². The molecule has 252 valence electrons. The summed E-state index contributed by atoms with van der Waals surface area (Å²) in [6, 6.07) is 10.7. The van der Waals surface area contributed by atoms with Crippen LogP contribution >= 0.6 is 11.8 Å². The molecule has 1 aliphatic carbocycles. The average molecular weight is 694 g/mol. The first-order valence-corrected chi connectivity index (χ1v) is 19.3. The number of aliphatic hydroxyl groups is 2. The number of thioether (sulfide) groups is 1. The van der Waals surface area contributed by atoms with Crippen molar-refractivity contribution >= 4 is 49.1 Å². The van der Waals surface area contributed by atoms with Gasteiger partial charge in [0, 0.05) is 40.7 Å². The van der Waals surface area contributed by atoms with Crippen molar-refractivity contribution in [2.45, 2.75) is 78.9 Å². The smallest absolute Gasteiger partial charge is 0.296 e. The SMILES string of the molecule is O=S(=O)(O)c1ccc(S(=O)(=O)O)c(N=C2CC3=C(C=C2CCCCCCCCCCN(CCO)CCO)Nc2ccccc2S3)c1. The van der Waals surface area contributed by atoms with E-state index in [9.17, 15) is 25.9 Å². The highest BCUT2D eigenvalue weighted by Gasteiger charge is 2.26. The minimum Gasteiger partial charge on any atom is -0.395 e. The van der Waals surface area contributed by atoms with E-state index in [0.29, 0.717) is 31.6 Å².